The van der Waals surface area contributed by atoms with Crippen LogP contribution in [0.3, 0.4) is 0 Å². The van der Waals surface area contributed by atoms with Crippen molar-refractivity contribution in [2.24, 2.45) is 0 Å². The third kappa shape index (κ3) is 4.87. The maximum Gasteiger partial charge on any atom is 0.336 e. The van der Waals surface area contributed by atoms with Crippen molar-refractivity contribution in [3.8, 4) is 39.6 Å². The number of halogens is 2. The lowest BCUT2D eigenvalue weighted by molar-refractivity contribution is 0.0696. The lowest BCUT2D eigenvalue weighted by Gasteiger charge is -2.15. The number of fused-ring (bicyclic) bond motifs is 1. The minimum Gasteiger partial charge on any atom is -0.478 e. The number of aryl methyl sites for hydroxylation is 2. The van der Waals surface area contributed by atoms with E-state index >= 15 is 0 Å². The van der Waals surface area contributed by atoms with E-state index in [0.717, 1.165) is 5.56 Å². The van der Waals surface area contributed by atoms with E-state index in [1.54, 1.807) is 60.8 Å². The van der Waals surface area contributed by atoms with Crippen molar-refractivity contribution in [2.45, 2.75) is 18.7 Å². The maximum absolute atomic E-state index is 14.8. The number of carbonyl (C=O) groups is 1. The molecule has 2 aromatic heterocycles. The van der Waals surface area contributed by atoms with E-state index in [2.05, 4.69) is 6.07 Å². The van der Waals surface area contributed by atoms with Gasteiger partial charge < -0.3 is 5.11 Å². The molecule has 0 bridgehead atoms. The first-order chi connectivity index (χ1) is 21.0. The summed E-state index contributed by atoms with van der Waals surface area (Å²) in [6.45, 7) is 3.53. The quantitative estimate of drug-likeness (QED) is 0.196. The van der Waals surface area contributed by atoms with Gasteiger partial charge in [0.2, 0.25) is 0 Å². The molecule has 0 unspecified atom stereocenters. The lowest BCUT2D eigenvalue weighted by Crippen LogP contribution is -2.14. The van der Waals surface area contributed by atoms with Gasteiger partial charge in [-0.2, -0.15) is 5.26 Å². The molecule has 6 aromatic rings. The monoisotopic (exact) mass is 640 g/mol. The largest absolute Gasteiger partial charge is 0.478 e. The molecule has 0 fully saturated rings. The van der Waals surface area contributed by atoms with Crippen LogP contribution in [0.5, 0.6) is 0 Å². The number of carboxylic acid groups (broad SMARTS) is 1. The van der Waals surface area contributed by atoms with Gasteiger partial charge in [-0.25, -0.2) is 21.6 Å². The number of aromatic carboxylic acids is 1. The Kier molecular flexibility index (Phi) is 7.38. The minimum absolute atomic E-state index is 0.0435. The first-order valence-electron chi connectivity index (χ1n) is 13.3. The fraction of sp³-hybridized carbons (Fsp3) is 0.0588. The first kappa shape index (κ1) is 29.3. The summed E-state index contributed by atoms with van der Waals surface area (Å²) < 4.78 is 45.0. The number of hydrogen-bond donors (Lipinski definition) is 1. The number of rotatable bonds is 6. The number of thiophene rings is 1. The Bertz CT molecular complexity index is 2280. The Balaban J connectivity index is 1.73. The number of carboxylic acids is 1. The summed E-state index contributed by atoms with van der Waals surface area (Å²) in [6.07, 6.45) is 0. The van der Waals surface area contributed by atoms with Crippen molar-refractivity contribution in [1.82, 2.24) is 3.97 Å². The van der Waals surface area contributed by atoms with Crippen LogP contribution in [0.1, 0.15) is 26.4 Å². The van der Waals surface area contributed by atoms with Gasteiger partial charge in [-0.1, -0.05) is 47.5 Å². The fourth-order valence-electron chi connectivity index (χ4n) is 5.39. The van der Waals surface area contributed by atoms with E-state index in [0.29, 0.717) is 43.6 Å². The molecule has 2 heterocycles. The van der Waals surface area contributed by atoms with Gasteiger partial charge in [-0.05, 0) is 85.0 Å². The average Bonchev–Trinajstić information content (AvgIpc) is 3.60. The Hall–Kier alpha value is -4.75. The summed E-state index contributed by atoms with van der Waals surface area (Å²) in [5.74, 6) is -1.66. The molecule has 0 aliphatic carbocycles. The van der Waals surface area contributed by atoms with Gasteiger partial charge in [-0.15, -0.1) is 11.3 Å². The number of nitrogens with zero attached hydrogens (tertiary/aromatic N) is 2. The van der Waals surface area contributed by atoms with Crippen LogP contribution in [-0.2, 0) is 10.0 Å². The molecule has 0 aliphatic heterocycles. The minimum atomic E-state index is -4.25. The van der Waals surface area contributed by atoms with Crippen LogP contribution in [0, 0.1) is 31.0 Å². The Labute approximate surface area is 261 Å². The highest BCUT2D eigenvalue weighted by molar-refractivity contribution is 7.90. The van der Waals surface area contributed by atoms with Crippen molar-refractivity contribution in [2.75, 3.05) is 0 Å². The van der Waals surface area contributed by atoms with Gasteiger partial charge in [0, 0.05) is 32.7 Å². The van der Waals surface area contributed by atoms with Crippen molar-refractivity contribution >= 4 is 49.8 Å². The molecule has 0 saturated carbocycles. The molecule has 6 nitrogen and oxygen atoms in total. The molecule has 1 N–H and O–H groups in total. The smallest absolute Gasteiger partial charge is 0.336 e. The van der Waals surface area contributed by atoms with Crippen molar-refractivity contribution in [1.29, 1.82) is 5.26 Å². The summed E-state index contributed by atoms with van der Waals surface area (Å²) in [7, 11) is -4.25. The zero-order chi connectivity index (χ0) is 31.3. The third-order valence-electron chi connectivity index (χ3n) is 7.47. The molecule has 0 spiro atoms. The molecule has 0 radical (unpaired) electrons. The predicted octanol–water partition coefficient (Wildman–Crippen LogP) is 8.92. The number of benzene rings is 4. The second-order valence-electron chi connectivity index (χ2n) is 10.3. The van der Waals surface area contributed by atoms with Crippen LogP contribution in [0.4, 0.5) is 4.39 Å². The van der Waals surface area contributed by atoms with Crippen LogP contribution in [0.2, 0.25) is 5.02 Å². The molecule has 4 aromatic carbocycles. The molecular weight excluding hydrogens is 619 g/mol. The zero-order valence-corrected chi connectivity index (χ0v) is 25.7. The lowest BCUT2D eigenvalue weighted by atomic mass is 9.95. The summed E-state index contributed by atoms with van der Waals surface area (Å²) >= 11 is 7.77. The van der Waals surface area contributed by atoms with Gasteiger partial charge in [0.15, 0.2) is 0 Å². The van der Waals surface area contributed by atoms with Crippen LogP contribution in [0.25, 0.3) is 44.4 Å². The van der Waals surface area contributed by atoms with Crippen LogP contribution in [0.15, 0.2) is 95.2 Å². The number of nitriles is 1. The molecule has 0 amide bonds. The molecule has 44 heavy (non-hydrogen) atoms. The maximum atomic E-state index is 14.8. The number of aromatic nitrogens is 1. The average molecular weight is 641 g/mol. The van der Waals surface area contributed by atoms with Gasteiger partial charge in [0.1, 0.15) is 16.8 Å². The van der Waals surface area contributed by atoms with Gasteiger partial charge in [0.25, 0.3) is 10.0 Å². The Morgan fingerprint density at radius 1 is 0.955 bits per heavy atom. The molecule has 218 valence electrons. The fourth-order valence-corrected chi connectivity index (χ4v) is 7.90. The Morgan fingerprint density at radius 2 is 1.68 bits per heavy atom. The molecule has 0 atom stereocenters. The molecule has 6 rings (SSSR count). The van der Waals surface area contributed by atoms with Gasteiger partial charge in [-0.3, -0.25) is 0 Å². The van der Waals surface area contributed by atoms with Crippen molar-refractivity contribution in [3.63, 3.8) is 0 Å². The van der Waals surface area contributed by atoms with Crippen LogP contribution in [-0.4, -0.2) is 23.5 Å². The van der Waals surface area contributed by atoms with E-state index in [1.807, 2.05) is 6.92 Å². The van der Waals surface area contributed by atoms with Crippen molar-refractivity contribution in [3.05, 3.63) is 123 Å². The van der Waals surface area contributed by atoms with Gasteiger partial charge in [0.05, 0.1) is 21.7 Å². The van der Waals surface area contributed by atoms with E-state index in [9.17, 15) is 28.0 Å². The summed E-state index contributed by atoms with van der Waals surface area (Å²) in [4.78, 5) is 12.1. The molecule has 0 saturated heterocycles. The second kappa shape index (κ2) is 11.1. The van der Waals surface area contributed by atoms with Crippen LogP contribution >= 0.6 is 22.9 Å². The molecule has 10 heteroatoms. The van der Waals surface area contributed by atoms with Crippen molar-refractivity contribution < 1.29 is 22.7 Å². The van der Waals surface area contributed by atoms with E-state index in [-0.39, 0.29) is 26.7 Å². The Morgan fingerprint density at radius 3 is 2.39 bits per heavy atom. The zero-order valence-electron chi connectivity index (χ0n) is 23.3. The summed E-state index contributed by atoms with van der Waals surface area (Å²) in [6, 6.07) is 24.4. The van der Waals surface area contributed by atoms with E-state index in [1.165, 1.54) is 51.7 Å². The first-order valence-corrected chi connectivity index (χ1v) is 16.0. The second-order valence-corrected chi connectivity index (χ2v) is 13.4. The van der Waals surface area contributed by atoms with Gasteiger partial charge >= 0.3 is 5.97 Å². The highest BCUT2D eigenvalue weighted by atomic mass is 35.5. The van der Waals surface area contributed by atoms with E-state index in [4.69, 9.17) is 11.6 Å². The topological polar surface area (TPSA) is 100 Å². The highest BCUT2D eigenvalue weighted by Gasteiger charge is 2.30. The SMILES string of the molecule is Cc1ccc(S(=O)(=O)n2c(-c3cccc(-c4cc(C)c(C(=O)O)cc4Cl)c3)c(-c3ccsc3C#N)c3cc(F)ccc32)cc1. The van der Waals surface area contributed by atoms with Crippen LogP contribution < -0.4 is 0 Å². The normalized spacial score (nSPS) is 11.5. The standard InChI is InChI=1S/C34H22ClFN2O4S2/c1-19-6-9-24(10-7-19)44(41,42)38-30-11-8-23(36)16-28(30)32(25-12-13-43-31(25)18-37)33(38)22-5-3-4-21(15-22)27-14-20(2)26(34(39)40)17-29(27)35/h3-17H,1-2H3,(H,39,40). The van der Waals surface area contributed by atoms with E-state index < -0.39 is 21.8 Å². The third-order valence-corrected chi connectivity index (χ3v) is 10.3. The highest BCUT2D eigenvalue weighted by Crippen LogP contribution is 2.46. The summed E-state index contributed by atoms with van der Waals surface area (Å²) in [5, 5.41) is 21.8. The predicted molar refractivity (Wildman–Crippen MR) is 171 cm³/mol. The summed E-state index contributed by atoms with van der Waals surface area (Å²) in [5.41, 5.74) is 4.47. The molecular formula is C34H22ClFN2O4S2. The molecule has 0 aliphatic rings. The number of hydrogen-bond acceptors (Lipinski definition) is 5.